The highest BCUT2D eigenvalue weighted by atomic mass is 32.2. The molecule has 0 heterocycles. The maximum Gasteiger partial charge on any atom is 0.417 e. The second-order valence-electron chi connectivity index (χ2n) is 4.68. The zero-order chi connectivity index (χ0) is 19.0. The van der Waals surface area contributed by atoms with Crippen molar-refractivity contribution in [2.75, 3.05) is 0 Å². The number of aromatic carboxylic acids is 1. The molecule has 2 rings (SSSR count). The van der Waals surface area contributed by atoms with Crippen molar-refractivity contribution in [2.45, 2.75) is 11.1 Å². The first-order valence-corrected chi connectivity index (χ1v) is 7.74. The molecule has 0 spiro atoms. The van der Waals surface area contributed by atoms with E-state index in [1.54, 1.807) is 0 Å². The van der Waals surface area contributed by atoms with Crippen molar-refractivity contribution in [1.82, 2.24) is 0 Å². The second-order valence-corrected chi connectivity index (χ2v) is 6.19. The molecule has 0 aliphatic carbocycles. The predicted octanol–water partition coefficient (Wildman–Crippen LogP) is 2.58. The second kappa shape index (κ2) is 6.16. The number of carbonyl (C=O) groups is 1. The molecule has 0 unspecified atom stereocenters. The number of rotatable bonds is 4. The molecule has 0 atom stereocenters. The van der Waals surface area contributed by atoms with Crippen molar-refractivity contribution in [2.24, 2.45) is 0 Å². The fourth-order valence-corrected chi connectivity index (χ4v) is 3.01. The Balaban J connectivity index is 2.57. The molecule has 3 N–H and O–H groups in total. The number of carboxylic acids is 1. The van der Waals surface area contributed by atoms with Gasteiger partial charge in [0, 0.05) is 6.07 Å². The molecule has 0 aliphatic rings. The highest BCUT2D eigenvalue weighted by molar-refractivity contribution is 7.87. The first-order valence-electron chi connectivity index (χ1n) is 6.33. The van der Waals surface area contributed by atoms with E-state index in [0.717, 1.165) is 12.1 Å². The number of alkyl halides is 3. The van der Waals surface area contributed by atoms with Crippen LogP contribution >= 0.6 is 0 Å². The molecule has 0 radical (unpaired) electrons. The van der Waals surface area contributed by atoms with E-state index in [9.17, 15) is 36.6 Å². The largest absolute Gasteiger partial charge is 0.504 e. The first kappa shape index (κ1) is 18.4. The van der Waals surface area contributed by atoms with Crippen LogP contribution in [-0.2, 0) is 16.3 Å². The third-order valence-electron chi connectivity index (χ3n) is 2.96. The molecule has 25 heavy (non-hydrogen) atoms. The van der Waals surface area contributed by atoms with E-state index in [1.165, 1.54) is 0 Å². The van der Waals surface area contributed by atoms with Crippen molar-refractivity contribution >= 4 is 16.1 Å². The van der Waals surface area contributed by atoms with Crippen LogP contribution < -0.4 is 4.18 Å². The van der Waals surface area contributed by atoms with Crippen LogP contribution in [0.3, 0.4) is 0 Å². The third-order valence-corrected chi connectivity index (χ3v) is 4.26. The monoisotopic (exact) mass is 378 g/mol. The van der Waals surface area contributed by atoms with E-state index in [-0.39, 0.29) is 0 Å². The average molecular weight is 378 g/mol. The van der Waals surface area contributed by atoms with E-state index in [1.807, 2.05) is 0 Å². The summed E-state index contributed by atoms with van der Waals surface area (Å²) in [5, 5.41) is 27.8. The lowest BCUT2D eigenvalue weighted by molar-refractivity contribution is -0.139. The molecule has 0 bridgehead atoms. The van der Waals surface area contributed by atoms with E-state index in [4.69, 9.17) is 5.11 Å². The van der Waals surface area contributed by atoms with Crippen LogP contribution in [0.4, 0.5) is 13.2 Å². The maximum absolute atomic E-state index is 12.9. The van der Waals surface area contributed by atoms with Gasteiger partial charge >= 0.3 is 22.3 Å². The number of carboxylic acid groups (broad SMARTS) is 1. The molecule has 0 aliphatic heterocycles. The molecule has 134 valence electrons. The van der Waals surface area contributed by atoms with Gasteiger partial charge < -0.3 is 19.5 Å². The van der Waals surface area contributed by atoms with E-state index >= 15 is 0 Å². The van der Waals surface area contributed by atoms with Gasteiger partial charge in [0.2, 0.25) is 5.75 Å². The normalized spacial score (nSPS) is 12.0. The average Bonchev–Trinajstić information content (AvgIpc) is 2.50. The molecule has 2 aromatic rings. The fraction of sp³-hybridized carbons (Fsp3) is 0.0714. The summed E-state index contributed by atoms with van der Waals surface area (Å²) in [4.78, 5) is 9.66. The molecular formula is C14H9F3O7S. The molecule has 11 heteroatoms. The zero-order valence-corrected chi connectivity index (χ0v) is 12.8. The SMILES string of the molecule is O=C(O)c1cc(O)c(O)c(OS(=O)(=O)c2ccccc2C(F)(F)F)c1. The van der Waals surface area contributed by atoms with E-state index in [2.05, 4.69) is 4.18 Å². The van der Waals surface area contributed by atoms with Gasteiger partial charge in [0.15, 0.2) is 11.5 Å². The van der Waals surface area contributed by atoms with Crippen LogP contribution in [0, 0.1) is 0 Å². The molecular weight excluding hydrogens is 369 g/mol. The molecule has 2 aromatic carbocycles. The van der Waals surface area contributed by atoms with Crippen molar-refractivity contribution in [3.8, 4) is 17.2 Å². The van der Waals surface area contributed by atoms with Gasteiger partial charge in [0.25, 0.3) is 0 Å². The maximum atomic E-state index is 12.9. The van der Waals surface area contributed by atoms with Crippen molar-refractivity contribution in [1.29, 1.82) is 0 Å². The molecule has 0 saturated heterocycles. The van der Waals surface area contributed by atoms with Crippen LogP contribution in [0.5, 0.6) is 17.2 Å². The summed E-state index contributed by atoms with van der Waals surface area (Å²) in [6, 6.07) is 4.30. The number of phenolic OH excluding ortho intramolecular Hbond substituents is 2. The Labute approximate surface area is 138 Å². The zero-order valence-electron chi connectivity index (χ0n) is 12.0. The van der Waals surface area contributed by atoms with E-state index < -0.39 is 55.5 Å². The molecule has 0 amide bonds. The lowest BCUT2D eigenvalue weighted by atomic mass is 10.2. The minimum atomic E-state index is -5.09. The highest BCUT2D eigenvalue weighted by Crippen LogP contribution is 2.40. The summed E-state index contributed by atoms with van der Waals surface area (Å²) in [7, 11) is -5.09. The van der Waals surface area contributed by atoms with Crippen LogP contribution in [0.1, 0.15) is 15.9 Å². The van der Waals surface area contributed by atoms with Crippen molar-refractivity contribution in [3.05, 3.63) is 47.5 Å². The van der Waals surface area contributed by atoms with Gasteiger partial charge in [-0.05, 0) is 18.2 Å². The van der Waals surface area contributed by atoms with Gasteiger partial charge in [0.05, 0.1) is 11.1 Å². The summed E-state index contributed by atoms with van der Waals surface area (Å²) in [5.74, 6) is -4.78. The lowest BCUT2D eigenvalue weighted by Crippen LogP contribution is -2.17. The summed E-state index contributed by atoms with van der Waals surface area (Å²) < 4.78 is 67.6. The number of aromatic hydroxyl groups is 2. The van der Waals surface area contributed by atoms with Gasteiger partial charge in [-0.15, -0.1) is 0 Å². The van der Waals surface area contributed by atoms with Gasteiger partial charge in [-0.1, -0.05) is 12.1 Å². The third kappa shape index (κ3) is 3.76. The van der Waals surface area contributed by atoms with Gasteiger partial charge in [-0.3, -0.25) is 0 Å². The smallest absolute Gasteiger partial charge is 0.417 e. The van der Waals surface area contributed by atoms with E-state index in [0.29, 0.717) is 24.3 Å². The Kier molecular flexibility index (Phi) is 4.53. The quantitative estimate of drug-likeness (QED) is 0.552. The van der Waals surface area contributed by atoms with Crippen LogP contribution in [0.25, 0.3) is 0 Å². The van der Waals surface area contributed by atoms with Crippen molar-refractivity contribution in [3.63, 3.8) is 0 Å². The number of hydrogen-bond acceptors (Lipinski definition) is 6. The van der Waals surface area contributed by atoms with Gasteiger partial charge in [0.1, 0.15) is 4.90 Å². The molecule has 0 fully saturated rings. The molecule has 0 aromatic heterocycles. The molecule has 0 saturated carbocycles. The standard InChI is InChI=1S/C14H9F3O7S/c15-14(16,17)8-3-1-2-4-11(8)25(22,23)24-10-6-7(13(20)21)5-9(18)12(10)19/h1-6,18-19H,(H,20,21). The Morgan fingerprint density at radius 3 is 2.24 bits per heavy atom. The Bertz CT molecular complexity index is 936. The fourth-order valence-electron chi connectivity index (χ4n) is 1.86. The number of halogens is 3. The predicted molar refractivity (Wildman–Crippen MR) is 76.0 cm³/mol. The van der Waals surface area contributed by atoms with Gasteiger partial charge in [-0.25, -0.2) is 4.79 Å². The van der Waals surface area contributed by atoms with Crippen LogP contribution in [-0.4, -0.2) is 29.7 Å². The summed E-state index contributed by atoms with van der Waals surface area (Å²) >= 11 is 0. The van der Waals surface area contributed by atoms with Gasteiger partial charge in [-0.2, -0.15) is 21.6 Å². The number of phenols is 2. The Hall–Kier alpha value is -2.95. The molecule has 7 nitrogen and oxygen atoms in total. The minimum Gasteiger partial charge on any atom is -0.504 e. The first-order chi connectivity index (χ1) is 11.4. The van der Waals surface area contributed by atoms with Crippen molar-refractivity contribution < 1.29 is 45.9 Å². The topological polar surface area (TPSA) is 121 Å². The number of benzene rings is 2. The summed E-state index contributed by atoms with van der Waals surface area (Å²) in [6.45, 7) is 0. The minimum absolute atomic E-state index is 0.515. The lowest BCUT2D eigenvalue weighted by Gasteiger charge is -2.14. The van der Waals surface area contributed by atoms with Crippen LogP contribution in [0.15, 0.2) is 41.3 Å². The number of hydrogen-bond donors (Lipinski definition) is 3. The summed E-state index contributed by atoms with van der Waals surface area (Å²) in [6.07, 6.45) is -5.00. The summed E-state index contributed by atoms with van der Waals surface area (Å²) in [5.41, 5.74) is -2.15. The highest BCUT2D eigenvalue weighted by Gasteiger charge is 2.38. The van der Waals surface area contributed by atoms with Crippen LogP contribution in [0.2, 0.25) is 0 Å². The Morgan fingerprint density at radius 1 is 1.08 bits per heavy atom. The Morgan fingerprint density at radius 2 is 1.68 bits per heavy atom.